The second-order valence-corrected chi connectivity index (χ2v) is 3.26. The van der Waals surface area contributed by atoms with Crippen LogP contribution in [0, 0.1) is 12.7 Å². The van der Waals surface area contributed by atoms with Gasteiger partial charge >= 0.3 is 0 Å². The van der Waals surface area contributed by atoms with Gasteiger partial charge in [-0.3, -0.25) is 0 Å². The Morgan fingerprint density at radius 2 is 2.25 bits per heavy atom. The summed E-state index contributed by atoms with van der Waals surface area (Å²) in [5, 5.41) is 0.678. The Hall–Kier alpha value is -0.630. The third-order valence-electron chi connectivity index (χ3n) is 1.74. The second kappa shape index (κ2) is 3.85. The average molecular weight is 229 g/mol. The molecule has 0 aliphatic carbocycles. The lowest BCUT2D eigenvalue weighted by atomic mass is 10.0. The Labute approximate surface area is 80.2 Å². The summed E-state index contributed by atoms with van der Waals surface area (Å²) in [6.07, 6.45) is 0. The van der Waals surface area contributed by atoms with Crippen molar-refractivity contribution in [3.63, 3.8) is 0 Å². The number of hydrogen-bond acceptors (Lipinski definition) is 0. The molecule has 0 amide bonds. The minimum absolute atomic E-state index is 0.210. The molecule has 0 nitrogen and oxygen atoms in total. The van der Waals surface area contributed by atoms with E-state index in [1.165, 1.54) is 12.1 Å². The molecule has 0 heterocycles. The zero-order chi connectivity index (χ0) is 9.14. The van der Waals surface area contributed by atoms with Crippen LogP contribution in [0.1, 0.15) is 11.1 Å². The number of allylic oxidation sites excluding steroid dienone is 1. The van der Waals surface area contributed by atoms with Crippen LogP contribution >= 0.6 is 15.9 Å². The van der Waals surface area contributed by atoms with Crippen LogP contribution in [0.5, 0.6) is 0 Å². The zero-order valence-corrected chi connectivity index (χ0v) is 8.49. The van der Waals surface area contributed by atoms with Gasteiger partial charge in [0, 0.05) is 5.33 Å². The first-order chi connectivity index (χ1) is 5.65. The van der Waals surface area contributed by atoms with E-state index >= 15 is 0 Å². The quantitative estimate of drug-likeness (QED) is 0.680. The van der Waals surface area contributed by atoms with Gasteiger partial charge in [-0.2, -0.15) is 0 Å². The van der Waals surface area contributed by atoms with Crippen LogP contribution in [0.4, 0.5) is 4.39 Å². The Morgan fingerprint density at radius 3 is 2.83 bits per heavy atom. The van der Waals surface area contributed by atoms with E-state index in [1.54, 1.807) is 6.07 Å². The van der Waals surface area contributed by atoms with Gasteiger partial charge in [0.05, 0.1) is 0 Å². The fraction of sp³-hybridized carbons (Fsp3) is 0.200. The van der Waals surface area contributed by atoms with Crippen molar-refractivity contribution in [3.8, 4) is 0 Å². The zero-order valence-electron chi connectivity index (χ0n) is 6.90. The van der Waals surface area contributed by atoms with E-state index in [1.807, 2.05) is 6.92 Å². The number of alkyl halides is 1. The van der Waals surface area contributed by atoms with E-state index in [9.17, 15) is 4.39 Å². The molecule has 0 unspecified atom stereocenters. The van der Waals surface area contributed by atoms with Crippen LogP contribution in [0.2, 0.25) is 0 Å². The smallest absolute Gasteiger partial charge is 0.123 e. The molecular weight excluding hydrogens is 219 g/mol. The summed E-state index contributed by atoms with van der Waals surface area (Å²) >= 11 is 3.29. The minimum atomic E-state index is -0.210. The number of halogens is 2. The molecule has 0 bridgehead atoms. The van der Waals surface area contributed by atoms with E-state index in [4.69, 9.17) is 0 Å². The van der Waals surface area contributed by atoms with E-state index in [2.05, 4.69) is 22.5 Å². The van der Waals surface area contributed by atoms with Gasteiger partial charge in [0.2, 0.25) is 0 Å². The van der Waals surface area contributed by atoms with Gasteiger partial charge in [0.1, 0.15) is 5.82 Å². The van der Waals surface area contributed by atoms with Gasteiger partial charge in [-0.15, -0.1) is 0 Å². The molecular formula is C10H10BrF. The van der Waals surface area contributed by atoms with Crippen molar-refractivity contribution in [3.05, 3.63) is 41.7 Å². The summed E-state index contributed by atoms with van der Waals surface area (Å²) in [4.78, 5) is 0. The Kier molecular flexibility index (Phi) is 3.04. The molecule has 2 heteroatoms. The van der Waals surface area contributed by atoms with Crippen molar-refractivity contribution in [2.45, 2.75) is 6.92 Å². The Bertz CT molecular complexity index is 305. The normalized spacial score (nSPS) is 9.92. The van der Waals surface area contributed by atoms with Gasteiger partial charge in [0.25, 0.3) is 0 Å². The molecule has 0 fully saturated rings. The maximum Gasteiger partial charge on any atom is 0.123 e. The van der Waals surface area contributed by atoms with Gasteiger partial charge in [-0.25, -0.2) is 4.39 Å². The molecule has 0 N–H and O–H groups in total. The first-order valence-electron chi connectivity index (χ1n) is 3.65. The SMILES string of the molecule is C=C(CBr)c1cc(F)ccc1C. The van der Waals surface area contributed by atoms with E-state index in [0.29, 0.717) is 5.33 Å². The van der Waals surface area contributed by atoms with Crippen LogP contribution < -0.4 is 0 Å². The molecule has 0 atom stereocenters. The molecule has 0 aliphatic rings. The molecule has 1 rings (SSSR count). The fourth-order valence-corrected chi connectivity index (χ4v) is 1.35. The molecule has 0 saturated carbocycles. The predicted octanol–water partition coefficient (Wildman–Crippen LogP) is 3.54. The summed E-state index contributed by atoms with van der Waals surface area (Å²) in [6, 6.07) is 4.73. The highest BCUT2D eigenvalue weighted by molar-refractivity contribution is 9.09. The molecule has 0 radical (unpaired) electrons. The predicted molar refractivity (Wildman–Crippen MR) is 54.0 cm³/mol. The maximum atomic E-state index is 12.8. The molecule has 0 saturated heterocycles. The van der Waals surface area contributed by atoms with Gasteiger partial charge in [0.15, 0.2) is 0 Å². The van der Waals surface area contributed by atoms with Crippen molar-refractivity contribution >= 4 is 21.5 Å². The Morgan fingerprint density at radius 1 is 1.58 bits per heavy atom. The van der Waals surface area contributed by atoms with E-state index in [-0.39, 0.29) is 5.82 Å². The van der Waals surface area contributed by atoms with Crippen LogP contribution in [0.3, 0.4) is 0 Å². The van der Waals surface area contributed by atoms with Crippen LogP contribution in [-0.4, -0.2) is 5.33 Å². The third kappa shape index (κ3) is 1.95. The monoisotopic (exact) mass is 228 g/mol. The first-order valence-corrected chi connectivity index (χ1v) is 4.77. The lowest BCUT2D eigenvalue weighted by Gasteiger charge is -2.05. The lowest BCUT2D eigenvalue weighted by molar-refractivity contribution is 0.627. The number of rotatable bonds is 2. The van der Waals surface area contributed by atoms with Crippen LogP contribution in [-0.2, 0) is 0 Å². The summed E-state index contributed by atoms with van der Waals surface area (Å²) < 4.78 is 12.8. The van der Waals surface area contributed by atoms with Crippen molar-refractivity contribution in [1.82, 2.24) is 0 Å². The number of benzene rings is 1. The highest BCUT2D eigenvalue weighted by Crippen LogP contribution is 2.19. The number of hydrogen-bond donors (Lipinski definition) is 0. The summed E-state index contributed by atoms with van der Waals surface area (Å²) in [5.41, 5.74) is 2.86. The molecule has 1 aromatic carbocycles. The largest absolute Gasteiger partial charge is 0.207 e. The fourth-order valence-electron chi connectivity index (χ4n) is 1.05. The standard InChI is InChI=1S/C10H10BrF/c1-7-3-4-9(12)5-10(7)8(2)6-11/h3-5H,2,6H2,1H3. The lowest BCUT2D eigenvalue weighted by Crippen LogP contribution is -1.89. The third-order valence-corrected chi connectivity index (χ3v) is 2.42. The second-order valence-electron chi connectivity index (χ2n) is 2.70. The summed E-state index contributed by atoms with van der Waals surface area (Å²) in [6.45, 7) is 5.78. The summed E-state index contributed by atoms with van der Waals surface area (Å²) in [7, 11) is 0. The molecule has 0 spiro atoms. The van der Waals surface area contributed by atoms with Gasteiger partial charge in [-0.05, 0) is 35.8 Å². The van der Waals surface area contributed by atoms with Crippen molar-refractivity contribution in [2.24, 2.45) is 0 Å². The molecule has 0 aromatic heterocycles. The minimum Gasteiger partial charge on any atom is -0.207 e. The number of aryl methyl sites for hydroxylation is 1. The highest BCUT2D eigenvalue weighted by Gasteiger charge is 2.02. The van der Waals surface area contributed by atoms with Crippen molar-refractivity contribution in [1.29, 1.82) is 0 Å². The first kappa shape index (κ1) is 9.46. The Balaban J connectivity index is 3.13. The highest BCUT2D eigenvalue weighted by atomic mass is 79.9. The van der Waals surface area contributed by atoms with Crippen molar-refractivity contribution in [2.75, 3.05) is 5.33 Å². The van der Waals surface area contributed by atoms with E-state index < -0.39 is 0 Å². The molecule has 12 heavy (non-hydrogen) atoms. The maximum absolute atomic E-state index is 12.8. The van der Waals surface area contributed by atoms with Gasteiger partial charge in [-0.1, -0.05) is 28.6 Å². The van der Waals surface area contributed by atoms with Crippen molar-refractivity contribution < 1.29 is 4.39 Å². The average Bonchev–Trinajstić information content (AvgIpc) is 2.08. The summed E-state index contributed by atoms with van der Waals surface area (Å²) in [5.74, 6) is -0.210. The van der Waals surface area contributed by atoms with E-state index in [0.717, 1.165) is 16.7 Å². The van der Waals surface area contributed by atoms with Crippen LogP contribution in [0.25, 0.3) is 5.57 Å². The topological polar surface area (TPSA) is 0 Å². The van der Waals surface area contributed by atoms with Gasteiger partial charge < -0.3 is 0 Å². The molecule has 1 aromatic rings. The molecule has 0 aliphatic heterocycles. The van der Waals surface area contributed by atoms with Crippen LogP contribution in [0.15, 0.2) is 24.8 Å². The molecule has 64 valence electrons.